The Morgan fingerprint density at radius 2 is 1.25 bits per heavy atom. The molecule has 0 fully saturated rings. The van der Waals surface area contributed by atoms with Gasteiger partial charge in [0.25, 0.3) is 0 Å². The first-order chi connectivity index (χ1) is 17.2. The van der Waals surface area contributed by atoms with Gasteiger partial charge in [0, 0.05) is 0 Å². The number of carbonyl (C=O) groups is 3. The topological polar surface area (TPSA) is 78.9 Å². The third-order valence-corrected chi connectivity index (χ3v) is 5.74. The summed E-state index contributed by atoms with van der Waals surface area (Å²) in [5.41, 5.74) is 0.588. The Kier molecular flexibility index (Phi) is 8.22. The van der Waals surface area contributed by atoms with Crippen LogP contribution in [-0.2, 0) is 4.79 Å². The molecule has 0 saturated carbocycles. The van der Waals surface area contributed by atoms with Gasteiger partial charge in [-0.3, -0.25) is 4.79 Å². The highest BCUT2D eigenvalue weighted by Crippen LogP contribution is 2.30. The van der Waals surface area contributed by atoms with Crippen LogP contribution < -0.4 is 14.2 Å². The van der Waals surface area contributed by atoms with Crippen molar-refractivity contribution in [3.05, 3.63) is 102 Å². The number of carbonyl (C=O) groups excluding carboxylic acids is 3. The highest BCUT2D eigenvalue weighted by atomic mass is 16.6. The van der Waals surface area contributed by atoms with Crippen molar-refractivity contribution in [1.29, 1.82) is 0 Å². The molecule has 36 heavy (non-hydrogen) atoms. The summed E-state index contributed by atoms with van der Waals surface area (Å²) in [4.78, 5) is 39.2. The van der Waals surface area contributed by atoms with Crippen LogP contribution in [-0.4, -0.2) is 17.9 Å². The zero-order chi connectivity index (χ0) is 26.3. The summed E-state index contributed by atoms with van der Waals surface area (Å²) >= 11 is 0. The standard InChI is InChI=1S/C30H28O6/c1-6-20-12-16-22(17-13-20)34-27(31)24-10-9-11-25(36-29(33)30(4,5)8-3)26(24)28(32)35-23-18-14-21(7-2)15-19-23/h6-7,9-19H,1-2,8H2,3-5H3. The molecule has 184 valence electrons. The van der Waals surface area contributed by atoms with E-state index in [1.54, 1.807) is 74.5 Å². The van der Waals surface area contributed by atoms with E-state index in [1.807, 2.05) is 6.92 Å². The van der Waals surface area contributed by atoms with E-state index in [0.717, 1.165) is 11.1 Å². The second kappa shape index (κ2) is 11.3. The fraction of sp³-hybridized carbons (Fsp3) is 0.167. The number of benzene rings is 3. The van der Waals surface area contributed by atoms with Crippen molar-refractivity contribution in [1.82, 2.24) is 0 Å². The molecule has 3 aromatic rings. The van der Waals surface area contributed by atoms with E-state index < -0.39 is 23.3 Å². The average molecular weight is 485 g/mol. The molecule has 0 spiro atoms. The van der Waals surface area contributed by atoms with Gasteiger partial charge in [-0.1, -0.05) is 62.6 Å². The highest BCUT2D eigenvalue weighted by molar-refractivity contribution is 6.06. The molecule has 3 aromatic carbocycles. The van der Waals surface area contributed by atoms with Gasteiger partial charge < -0.3 is 14.2 Å². The minimum Gasteiger partial charge on any atom is -0.425 e. The van der Waals surface area contributed by atoms with Crippen LogP contribution in [0.4, 0.5) is 0 Å². The van der Waals surface area contributed by atoms with Gasteiger partial charge in [-0.25, -0.2) is 9.59 Å². The van der Waals surface area contributed by atoms with Gasteiger partial charge in [0.1, 0.15) is 22.8 Å². The van der Waals surface area contributed by atoms with Crippen molar-refractivity contribution in [2.45, 2.75) is 27.2 Å². The van der Waals surface area contributed by atoms with E-state index in [-0.39, 0.29) is 28.4 Å². The number of ether oxygens (including phenoxy) is 3. The lowest BCUT2D eigenvalue weighted by Gasteiger charge is -2.21. The first-order valence-electron chi connectivity index (χ1n) is 11.4. The number of hydrogen-bond acceptors (Lipinski definition) is 6. The van der Waals surface area contributed by atoms with Crippen LogP contribution in [0.5, 0.6) is 17.2 Å². The van der Waals surface area contributed by atoms with Crippen molar-refractivity contribution in [2.75, 3.05) is 0 Å². The largest absolute Gasteiger partial charge is 0.425 e. The predicted octanol–water partition coefficient (Wildman–Crippen LogP) is 6.75. The molecule has 6 heteroatoms. The molecule has 0 aliphatic carbocycles. The molecule has 6 nitrogen and oxygen atoms in total. The van der Waals surface area contributed by atoms with Crippen molar-refractivity contribution in [3.63, 3.8) is 0 Å². The molecule has 0 saturated heterocycles. The molecule has 0 radical (unpaired) electrons. The monoisotopic (exact) mass is 484 g/mol. The molecule has 0 bridgehead atoms. The maximum absolute atomic E-state index is 13.3. The van der Waals surface area contributed by atoms with Gasteiger partial charge >= 0.3 is 17.9 Å². The zero-order valence-electron chi connectivity index (χ0n) is 20.6. The minimum atomic E-state index is -0.868. The molecule has 0 aromatic heterocycles. The van der Waals surface area contributed by atoms with Crippen LogP contribution >= 0.6 is 0 Å². The summed E-state index contributed by atoms with van der Waals surface area (Å²) in [6, 6.07) is 17.7. The summed E-state index contributed by atoms with van der Waals surface area (Å²) in [7, 11) is 0. The second-order valence-corrected chi connectivity index (χ2v) is 8.63. The lowest BCUT2D eigenvalue weighted by atomic mass is 9.90. The Hall–Kier alpha value is -4.45. The summed E-state index contributed by atoms with van der Waals surface area (Å²) in [6.07, 6.45) is 3.84. The van der Waals surface area contributed by atoms with Crippen molar-refractivity contribution in [3.8, 4) is 17.2 Å². The first kappa shape index (κ1) is 26.2. The third-order valence-electron chi connectivity index (χ3n) is 5.74. The fourth-order valence-electron chi connectivity index (χ4n) is 3.04. The highest BCUT2D eigenvalue weighted by Gasteiger charge is 2.31. The van der Waals surface area contributed by atoms with E-state index in [0.29, 0.717) is 6.42 Å². The Morgan fingerprint density at radius 3 is 1.72 bits per heavy atom. The van der Waals surface area contributed by atoms with Crippen LogP contribution in [0.15, 0.2) is 79.9 Å². The number of esters is 3. The molecule has 0 aliphatic rings. The van der Waals surface area contributed by atoms with Crippen molar-refractivity contribution < 1.29 is 28.6 Å². The van der Waals surface area contributed by atoms with Crippen LogP contribution in [0.25, 0.3) is 12.2 Å². The summed E-state index contributed by atoms with van der Waals surface area (Å²) in [5.74, 6) is -1.78. The summed E-state index contributed by atoms with van der Waals surface area (Å²) in [6.45, 7) is 12.7. The average Bonchev–Trinajstić information content (AvgIpc) is 2.89. The second-order valence-electron chi connectivity index (χ2n) is 8.63. The molecule has 3 rings (SSSR count). The van der Waals surface area contributed by atoms with Gasteiger partial charge in [0.15, 0.2) is 0 Å². The fourth-order valence-corrected chi connectivity index (χ4v) is 3.04. The van der Waals surface area contributed by atoms with Gasteiger partial charge in [-0.15, -0.1) is 0 Å². The molecular weight excluding hydrogens is 456 g/mol. The quantitative estimate of drug-likeness (QED) is 0.247. The molecular formula is C30H28O6. The smallest absolute Gasteiger partial charge is 0.348 e. The maximum atomic E-state index is 13.3. The Morgan fingerprint density at radius 1 is 0.750 bits per heavy atom. The summed E-state index contributed by atoms with van der Waals surface area (Å²) in [5, 5.41) is 0. The molecule has 0 amide bonds. The van der Waals surface area contributed by atoms with E-state index in [1.165, 1.54) is 18.2 Å². The SMILES string of the molecule is C=Cc1ccc(OC(=O)c2cccc(OC(=O)C(C)(C)CC)c2C(=O)Oc2ccc(C=C)cc2)cc1. The van der Waals surface area contributed by atoms with Crippen LogP contribution in [0.2, 0.25) is 0 Å². The van der Waals surface area contributed by atoms with E-state index in [2.05, 4.69) is 13.2 Å². The van der Waals surface area contributed by atoms with Gasteiger partial charge in [0.2, 0.25) is 0 Å². The summed E-state index contributed by atoms with van der Waals surface area (Å²) < 4.78 is 16.6. The Labute approximate surface area is 210 Å². The first-order valence-corrected chi connectivity index (χ1v) is 11.4. The maximum Gasteiger partial charge on any atom is 0.348 e. The third kappa shape index (κ3) is 6.16. The van der Waals surface area contributed by atoms with Gasteiger partial charge in [0.05, 0.1) is 11.0 Å². The van der Waals surface area contributed by atoms with E-state index in [4.69, 9.17) is 14.2 Å². The van der Waals surface area contributed by atoms with Crippen LogP contribution in [0.3, 0.4) is 0 Å². The van der Waals surface area contributed by atoms with E-state index in [9.17, 15) is 14.4 Å². The Bertz CT molecular complexity index is 1280. The molecule has 0 atom stereocenters. The molecule has 0 unspecified atom stereocenters. The lowest BCUT2D eigenvalue weighted by molar-refractivity contribution is -0.144. The molecule has 0 N–H and O–H groups in total. The molecule has 0 aliphatic heterocycles. The normalized spacial score (nSPS) is 10.8. The minimum absolute atomic E-state index is 0.0920. The zero-order valence-corrected chi connectivity index (χ0v) is 20.6. The van der Waals surface area contributed by atoms with E-state index >= 15 is 0 Å². The number of rotatable bonds is 9. The van der Waals surface area contributed by atoms with Crippen molar-refractivity contribution in [2.24, 2.45) is 5.41 Å². The van der Waals surface area contributed by atoms with Crippen LogP contribution in [0.1, 0.15) is 59.0 Å². The molecule has 0 heterocycles. The van der Waals surface area contributed by atoms with Crippen LogP contribution in [0, 0.1) is 5.41 Å². The lowest BCUT2D eigenvalue weighted by Crippen LogP contribution is -2.29. The predicted molar refractivity (Wildman–Crippen MR) is 139 cm³/mol. The Balaban J connectivity index is 1.99. The van der Waals surface area contributed by atoms with Gasteiger partial charge in [-0.05, 0) is 67.8 Å². The van der Waals surface area contributed by atoms with Crippen molar-refractivity contribution >= 4 is 30.1 Å². The number of hydrogen-bond donors (Lipinski definition) is 0. The van der Waals surface area contributed by atoms with Gasteiger partial charge in [-0.2, -0.15) is 0 Å².